The third-order valence-corrected chi connectivity index (χ3v) is 3.94. The van der Waals surface area contributed by atoms with Gasteiger partial charge in [-0.1, -0.05) is 41.1 Å². The SMILES string of the molecule is CCNC(Cc1ccc(Br)cc1)c1ccc(F)cc1C. The van der Waals surface area contributed by atoms with E-state index in [1.165, 1.54) is 11.6 Å². The second-order valence-corrected chi connectivity index (χ2v) is 5.86. The molecule has 1 nitrogen and oxygen atoms in total. The maximum absolute atomic E-state index is 13.2. The predicted octanol–water partition coefficient (Wildman–Crippen LogP) is 4.79. The lowest BCUT2D eigenvalue weighted by atomic mass is 9.95. The van der Waals surface area contributed by atoms with E-state index in [0.717, 1.165) is 28.6 Å². The summed E-state index contributed by atoms with van der Waals surface area (Å²) in [5, 5.41) is 3.49. The molecule has 2 rings (SSSR count). The first-order valence-corrected chi connectivity index (χ1v) is 7.63. The topological polar surface area (TPSA) is 12.0 Å². The molecule has 3 heteroatoms. The van der Waals surface area contributed by atoms with Crippen molar-refractivity contribution in [3.63, 3.8) is 0 Å². The Balaban J connectivity index is 2.24. The Bertz CT molecular complexity index is 566. The fourth-order valence-electron chi connectivity index (χ4n) is 2.42. The molecule has 0 heterocycles. The second-order valence-electron chi connectivity index (χ2n) is 4.94. The van der Waals surface area contributed by atoms with Crippen LogP contribution in [0.3, 0.4) is 0 Å². The van der Waals surface area contributed by atoms with Gasteiger partial charge in [0.1, 0.15) is 5.82 Å². The van der Waals surface area contributed by atoms with Gasteiger partial charge in [0.05, 0.1) is 0 Å². The molecule has 0 aliphatic carbocycles. The van der Waals surface area contributed by atoms with Gasteiger partial charge in [-0.2, -0.15) is 0 Å². The quantitative estimate of drug-likeness (QED) is 0.828. The number of benzene rings is 2. The zero-order valence-corrected chi connectivity index (χ0v) is 13.4. The van der Waals surface area contributed by atoms with Crippen molar-refractivity contribution in [2.75, 3.05) is 6.54 Å². The van der Waals surface area contributed by atoms with Crippen LogP contribution in [0.2, 0.25) is 0 Å². The summed E-state index contributed by atoms with van der Waals surface area (Å²) in [6.07, 6.45) is 0.896. The minimum atomic E-state index is -0.176. The van der Waals surface area contributed by atoms with E-state index >= 15 is 0 Å². The molecule has 1 unspecified atom stereocenters. The van der Waals surface area contributed by atoms with E-state index in [2.05, 4.69) is 52.4 Å². The molecular weight excluding hydrogens is 317 g/mol. The van der Waals surface area contributed by atoms with Gasteiger partial charge < -0.3 is 5.32 Å². The summed E-state index contributed by atoms with van der Waals surface area (Å²) < 4.78 is 14.3. The number of aryl methyl sites for hydroxylation is 1. The van der Waals surface area contributed by atoms with Crippen LogP contribution < -0.4 is 5.32 Å². The highest BCUT2D eigenvalue weighted by Crippen LogP contribution is 2.23. The molecule has 0 saturated carbocycles. The predicted molar refractivity (Wildman–Crippen MR) is 85.4 cm³/mol. The Labute approximate surface area is 128 Å². The highest BCUT2D eigenvalue weighted by Gasteiger charge is 2.14. The van der Waals surface area contributed by atoms with Crippen LogP contribution in [-0.4, -0.2) is 6.54 Å². The van der Waals surface area contributed by atoms with Crippen molar-refractivity contribution in [1.29, 1.82) is 0 Å². The van der Waals surface area contributed by atoms with E-state index in [1.807, 2.05) is 13.0 Å². The summed E-state index contributed by atoms with van der Waals surface area (Å²) in [6, 6.07) is 13.6. The third kappa shape index (κ3) is 3.90. The Kier molecular flexibility index (Phi) is 5.32. The van der Waals surface area contributed by atoms with Crippen molar-refractivity contribution in [3.8, 4) is 0 Å². The smallest absolute Gasteiger partial charge is 0.123 e. The molecular formula is C17H19BrFN. The zero-order chi connectivity index (χ0) is 14.5. The summed E-state index contributed by atoms with van der Waals surface area (Å²) >= 11 is 3.45. The Morgan fingerprint density at radius 3 is 2.45 bits per heavy atom. The Morgan fingerprint density at radius 2 is 1.85 bits per heavy atom. The molecule has 0 saturated heterocycles. The van der Waals surface area contributed by atoms with Crippen LogP contribution in [0, 0.1) is 12.7 Å². The number of nitrogens with one attached hydrogen (secondary N) is 1. The normalized spacial score (nSPS) is 12.4. The summed E-state index contributed by atoms with van der Waals surface area (Å²) in [5.41, 5.74) is 3.42. The molecule has 0 aliphatic heterocycles. The number of halogens is 2. The van der Waals surface area contributed by atoms with Crippen molar-refractivity contribution in [3.05, 3.63) is 69.4 Å². The monoisotopic (exact) mass is 335 g/mol. The van der Waals surface area contributed by atoms with Crippen LogP contribution in [0.5, 0.6) is 0 Å². The average molecular weight is 336 g/mol. The standard InChI is InChI=1S/C17H19BrFN/c1-3-20-17(11-13-4-6-14(18)7-5-13)16-9-8-15(19)10-12(16)2/h4-10,17,20H,3,11H2,1-2H3. The first-order chi connectivity index (χ1) is 9.60. The molecule has 0 fully saturated rings. The molecule has 2 aromatic rings. The average Bonchev–Trinajstić information content (AvgIpc) is 2.41. The maximum Gasteiger partial charge on any atom is 0.123 e. The van der Waals surface area contributed by atoms with Gasteiger partial charge in [0, 0.05) is 10.5 Å². The van der Waals surface area contributed by atoms with Crippen molar-refractivity contribution < 1.29 is 4.39 Å². The van der Waals surface area contributed by atoms with Crippen LogP contribution in [0.15, 0.2) is 46.9 Å². The molecule has 1 N–H and O–H groups in total. The molecule has 0 spiro atoms. The minimum Gasteiger partial charge on any atom is -0.310 e. The van der Waals surface area contributed by atoms with Gasteiger partial charge in [-0.3, -0.25) is 0 Å². The molecule has 0 amide bonds. The van der Waals surface area contributed by atoms with Gasteiger partial charge >= 0.3 is 0 Å². The Morgan fingerprint density at radius 1 is 1.15 bits per heavy atom. The lowest BCUT2D eigenvalue weighted by Crippen LogP contribution is -2.23. The van der Waals surface area contributed by atoms with E-state index in [1.54, 1.807) is 6.07 Å². The van der Waals surface area contributed by atoms with Gasteiger partial charge in [-0.25, -0.2) is 4.39 Å². The first-order valence-electron chi connectivity index (χ1n) is 6.84. The zero-order valence-electron chi connectivity index (χ0n) is 11.8. The van der Waals surface area contributed by atoms with E-state index < -0.39 is 0 Å². The van der Waals surface area contributed by atoms with Gasteiger partial charge in [0.2, 0.25) is 0 Å². The highest BCUT2D eigenvalue weighted by molar-refractivity contribution is 9.10. The summed E-state index contributed by atoms with van der Waals surface area (Å²) in [7, 11) is 0. The largest absolute Gasteiger partial charge is 0.310 e. The van der Waals surface area contributed by atoms with Crippen LogP contribution in [0.25, 0.3) is 0 Å². The molecule has 0 aliphatic rings. The number of likely N-dealkylation sites (N-methyl/N-ethyl adjacent to an activating group) is 1. The van der Waals surface area contributed by atoms with Crippen molar-refractivity contribution >= 4 is 15.9 Å². The molecule has 2 aromatic carbocycles. The molecule has 0 aromatic heterocycles. The number of hydrogen-bond donors (Lipinski definition) is 1. The second kappa shape index (κ2) is 7.00. The number of hydrogen-bond acceptors (Lipinski definition) is 1. The molecule has 0 radical (unpaired) electrons. The van der Waals surface area contributed by atoms with Crippen molar-refractivity contribution in [2.24, 2.45) is 0 Å². The lowest BCUT2D eigenvalue weighted by molar-refractivity contribution is 0.544. The van der Waals surface area contributed by atoms with Gasteiger partial charge in [0.15, 0.2) is 0 Å². The fourth-order valence-corrected chi connectivity index (χ4v) is 2.69. The van der Waals surface area contributed by atoms with Gasteiger partial charge in [-0.05, 0) is 60.8 Å². The van der Waals surface area contributed by atoms with E-state index in [-0.39, 0.29) is 11.9 Å². The van der Waals surface area contributed by atoms with E-state index in [4.69, 9.17) is 0 Å². The molecule has 106 valence electrons. The first kappa shape index (κ1) is 15.2. The fraction of sp³-hybridized carbons (Fsp3) is 0.294. The van der Waals surface area contributed by atoms with Crippen LogP contribution in [0.1, 0.15) is 29.7 Å². The number of rotatable bonds is 5. The maximum atomic E-state index is 13.2. The summed E-state index contributed by atoms with van der Waals surface area (Å²) in [4.78, 5) is 0. The van der Waals surface area contributed by atoms with Gasteiger partial charge in [0.25, 0.3) is 0 Å². The lowest BCUT2D eigenvalue weighted by Gasteiger charge is -2.20. The van der Waals surface area contributed by atoms with Crippen molar-refractivity contribution in [2.45, 2.75) is 26.3 Å². The molecule has 1 atom stereocenters. The molecule has 20 heavy (non-hydrogen) atoms. The third-order valence-electron chi connectivity index (χ3n) is 3.41. The Hall–Kier alpha value is -1.19. The summed E-state index contributed by atoms with van der Waals surface area (Å²) in [6.45, 7) is 4.94. The highest BCUT2D eigenvalue weighted by atomic mass is 79.9. The van der Waals surface area contributed by atoms with Crippen LogP contribution in [-0.2, 0) is 6.42 Å². The van der Waals surface area contributed by atoms with Crippen LogP contribution >= 0.6 is 15.9 Å². The van der Waals surface area contributed by atoms with Gasteiger partial charge in [-0.15, -0.1) is 0 Å². The minimum absolute atomic E-state index is 0.176. The molecule has 0 bridgehead atoms. The summed E-state index contributed by atoms with van der Waals surface area (Å²) in [5.74, 6) is -0.176. The van der Waals surface area contributed by atoms with Crippen molar-refractivity contribution in [1.82, 2.24) is 5.32 Å². The van der Waals surface area contributed by atoms with Crippen LogP contribution in [0.4, 0.5) is 4.39 Å². The van der Waals surface area contributed by atoms with E-state index in [0.29, 0.717) is 0 Å². The van der Waals surface area contributed by atoms with E-state index in [9.17, 15) is 4.39 Å².